The number of hydrogen-bond acceptors (Lipinski definition) is 2. The van der Waals surface area contributed by atoms with E-state index in [2.05, 4.69) is 192 Å². The van der Waals surface area contributed by atoms with Gasteiger partial charge in [0.25, 0.3) is 0 Å². The van der Waals surface area contributed by atoms with Crippen molar-refractivity contribution >= 4 is 55.0 Å². The molecule has 2 heteroatoms. The monoisotopic (exact) mass is 700 g/mol. The van der Waals surface area contributed by atoms with Crippen LogP contribution in [0.4, 0.5) is 17.1 Å². The van der Waals surface area contributed by atoms with Crippen molar-refractivity contribution in [3.05, 3.63) is 200 Å². The fourth-order valence-corrected chi connectivity index (χ4v) is 9.10. The summed E-state index contributed by atoms with van der Waals surface area (Å²) < 4.78 is 0. The van der Waals surface area contributed by atoms with Crippen LogP contribution in [0.15, 0.2) is 194 Å². The van der Waals surface area contributed by atoms with Crippen LogP contribution in [-0.4, -0.2) is 4.98 Å². The molecule has 9 aromatic rings. The Hall–Kier alpha value is -7.03. The van der Waals surface area contributed by atoms with Crippen molar-refractivity contribution in [1.82, 2.24) is 4.98 Å². The summed E-state index contributed by atoms with van der Waals surface area (Å²) in [6.07, 6.45) is 13.1. The Morgan fingerprint density at radius 2 is 1.11 bits per heavy atom. The number of allylic oxidation sites excluding steroid dienone is 4. The maximum absolute atomic E-state index is 4.35. The van der Waals surface area contributed by atoms with Crippen molar-refractivity contribution in [3.8, 4) is 44.5 Å². The summed E-state index contributed by atoms with van der Waals surface area (Å²) in [6, 6.07) is 60.1. The smallest absolute Gasteiger partial charge is 0.0468 e. The quantitative estimate of drug-likeness (QED) is 0.172. The molecule has 0 saturated heterocycles. The first-order valence-corrected chi connectivity index (χ1v) is 19.2. The summed E-state index contributed by atoms with van der Waals surface area (Å²) in [5.41, 5.74) is 16.3. The van der Waals surface area contributed by atoms with Crippen molar-refractivity contribution in [3.63, 3.8) is 0 Å². The summed E-state index contributed by atoms with van der Waals surface area (Å²) in [5.74, 6) is 0. The molecule has 2 aliphatic carbocycles. The van der Waals surface area contributed by atoms with Crippen LogP contribution in [0.2, 0.25) is 0 Å². The Morgan fingerprint density at radius 1 is 0.436 bits per heavy atom. The molecular formula is C53H36N2. The van der Waals surface area contributed by atoms with E-state index in [1.54, 1.807) is 0 Å². The first kappa shape index (κ1) is 31.5. The van der Waals surface area contributed by atoms with Crippen LogP contribution >= 0.6 is 0 Å². The normalized spacial score (nSPS) is 13.0. The SMILES string of the molecule is C1=CC(c2c3c(c(-c4ccccc4)c4ccccc24)-c2cccc4c(-c5cccc(N(c6ccccc6)c6ccc7cnccc7c6)c5)ccc-3c24)=CCC1. The standard InChI is InChI=1S/C53H36N2/c1-4-14-35(15-5-1)49-45-22-10-11-23-46(45)50(36-16-6-2-7-17-36)53-48-29-28-43(44-24-13-25-47(51(44)48)52(49)53)38-18-12-21-41(33-38)55(40-19-8-3-9-20-40)42-27-26-39-34-54-31-30-37(39)32-42/h1,3-6,8-34H,2,7H2. The van der Waals surface area contributed by atoms with E-state index in [9.17, 15) is 0 Å². The predicted octanol–water partition coefficient (Wildman–Crippen LogP) is 14.7. The average molecular weight is 701 g/mol. The van der Waals surface area contributed by atoms with E-state index in [1.807, 2.05) is 12.4 Å². The second kappa shape index (κ2) is 12.8. The number of rotatable bonds is 6. The molecule has 0 unspecified atom stereocenters. The molecule has 1 heterocycles. The molecule has 0 atom stereocenters. The van der Waals surface area contributed by atoms with Crippen LogP contribution < -0.4 is 4.90 Å². The molecule has 2 aliphatic rings. The summed E-state index contributed by atoms with van der Waals surface area (Å²) in [5, 5.41) is 7.50. The number of anilines is 3. The van der Waals surface area contributed by atoms with Gasteiger partial charge in [0, 0.05) is 34.8 Å². The molecule has 0 spiro atoms. The zero-order valence-electron chi connectivity index (χ0n) is 30.3. The van der Waals surface area contributed by atoms with Gasteiger partial charge in [-0.2, -0.15) is 0 Å². The van der Waals surface area contributed by atoms with E-state index in [4.69, 9.17) is 0 Å². The highest BCUT2D eigenvalue weighted by Gasteiger charge is 2.31. The van der Waals surface area contributed by atoms with E-state index in [0.717, 1.165) is 40.7 Å². The van der Waals surface area contributed by atoms with Gasteiger partial charge in [-0.15, -0.1) is 0 Å². The Balaban J connectivity index is 1.14. The summed E-state index contributed by atoms with van der Waals surface area (Å²) in [6.45, 7) is 0. The van der Waals surface area contributed by atoms with Gasteiger partial charge in [-0.1, -0.05) is 140 Å². The molecule has 8 aromatic carbocycles. The third-order valence-corrected chi connectivity index (χ3v) is 11.5. The maximum Gasteiger partial charge on any atom is 0.0468 e. The Bertz CT molecular complexity index is 3030. The number of aromatic nitrogens is 1. The van der Waals surface area contributed by atoms with E-state index in [1.165, 1.54) is 77.2 Å². The summed E-state index contributed by atoms with van der Waals surface area (Å²) in [4.78, 5) is 6.70. The first-order chi connectivity index (χ1) is 27.3. The summed E-state index contributed by atoms with van der Waals surface area (Å²) >= 11 is 0. The molecule has 0 N–H and O–H groups in total. The van der Waals surface area contributed by atoms with Gasteiger partial charge < -0.3 is 4.90 Å². The lowest BCUT2D eigenvalue weighted by atomic mass is 9.81. The van der Waals surface area contributed by atoms with Crippen molar-refractivity contribution in [2.24, 2.45) is 0 Å². The first-order valence-electron chi connectivity index (χ1n) is 19.2. The maximum atomic E-state index is 4.35. The van der Waals surface area contributed by atoms with Gasteiger partial charge in [0.1, 0.15) is 0 Å². The second-order valence-electron chi connectivity index (χ2n) is 14.6. The Labute approximate surface area is 321 Å². The number of nitrogens with zero attached hydrogens (tertiary/aromatic N) is 2. The zero-order chi connectivity index (χ0) is 36.3. The molecule has 1 aromatic heterocycles. The third kappa shape index (κ3) is 5.06. The van der Waals surface area contributed by atoms with E-state index < -0.39 is 0 Å². The molecule has 258 valence electrons. The molecule has 0 fully saturated rings. The van der Waals surface area contributed by atoms with E-state index >= 15 is 0 Å². The number of fused-ring (bicyclic) bond motifs is 5. The minimum atomic E-state index is 1.06. The lowest BCUT2D eigenvalue weighted by Crippen LogP contribution is -2.09. The molecule has 0 radical (unpaired) electrons. The minimum absolute atomic E-state index is 1.06. The predicted molar refractivity (Wildman–Crippen MR) is 233 cm³/mol. The molecule has 55 heavy (non-hydrogen) atoms. The van der Waals surface area contributed by atoms with Gasteiger partial charge in [0.2, 0.25) is 0 Å². The van der Waals surface area contributed by atoms with Crippen molar-refractivity contribution in [1.29, 1.82) is 0 Å². The van der Waals surface area contributed by atoms with E-state index in [0.29, 0.717) is 0 Å². The van der Waals surface area contributed by atoms with Gasteiger partial charge in [0.05, 0.1) is 0 Å². The molecule has 0 saturated carbocycles. The molecular weight excluding hydrogens is 665 g/mol. The lowest BCUT2D eigenvalue weighted by molar-refractivity contribution is 1.04. The second-order valence-corrected chi connectivity index (χ2v) is 14.6. The number of hydrogen-bond donors (Lipinski definition) is 0. The third-order valence-electron chi connectivity index (χ3n) is 11.5. The van der Waals surface area contributed by atoms with Crippen molar-refractivity contribution < 1.29 is 0 Å². The fraction of sp³-hybridized carbons (Fsp3) is 0.0377. The fourth-order valence-electron chi connectivity index (χ4n) is 9.10. The largest absolute Gasteiger partial charge is 0.310 e. The van der Waals surface area contributed by atoms with E-state index in [-0.39, 0.29) is 0 Å². The van der Waals surface area contributed by atoms with Gasteiger partial charge in [0.15, 0.2) is 0 Å². The van der Waals surface area contributed by atoms with Crippen molar-refractivity contribution in [2.75, 3.05) is 4.90 Å². The number of para-hydroxylation sites is 1. The highest BCUT2D eigenvalue weighted by molar-refractivity contribution is 6.27. The molecule has 11 rings (SSSR count). The van der Waals surface area contributed by atoms with Gasteiger partial charge in [-0.05, 0) is 138 Å². The summed E-state index contributed by atoms with van der Waals surface area (Å²) in [7, 11) is 0. The van der Waals surface area contributed by atoms with Gasteiger partial charge in [-0.3, -0.25) is 4.98 Å². The molecule has 0 amide bonds. The average Bonchev–Trinajstić information content (AvgIpc) is 3.58. The highest BCUT2D eigenvalue weighted by atomic mass is 15.1. The minimum Gasteiger partial charge on any atom is -0.310 e. The van der Waals surface area contributed by atoms with Crippen LogP contribution in [0.1, 0.15) is 18.4 Å². The molecule has 0 aliphatic heterocycles. The van der Waals surface area contributed by atoms with Crippen LogP contribution in [0.5, 0.6) is 0 Å². The zero-order valence-corrected chi connectivity index (χ0v) is 30.3. The van der Waals surface area contributed by atoms with Crippen LogP contribution in [0.3, 0.4) is 0 Å². The van der Waals surface area contributed by atoms with Crippen LogP contribution in [0, 0.1) is 0 Å². The molecule has 0 bridgehead atoms. The topological polar surface area (TPSA) is 16.1 Å². The molecule has 2 nitrogen and oxygen atoms in total. The Morgan fingerprint density at radius 3 is 1.95 bits per heavy atom. The van der Waals surface area contributed by atoms with Gasteiger partial charge >= 0.3 is 0 Å². The lowest BCUT2D eigenvalue weighted by Gasteiger charge is -2.26. The number of pyridine rings is 1. The van der Waals surface area contributed by atoms with Crippen LogP contribution in [-0.2, 0) is 0 Å². The number of benzene rings is 8. The van der Waals surface area contributed by atoms with Gasteiger partial charge in [-0.25, -0.2) is 0 Å². The highest BCUT2D eigenvalue weighted by Crippen LogP contribution is 2.58. The Kier molecular flexibility index (Phi) is 7.34. The van der Waals surface area contributed by atoms with Crippen LogP contribution in [0.25, 0.3) is 82.4 Å². The van der Waals surface area contributed by atoms with Crippen molar-refractivity contribution in [2.45, 2.75) is 12.8 Å².